The van der Waals surface area contributed by atoms with Crippen LogP contribution in [0.5, 0.6) is 0 Å². The van der Waals surface area contributed by atoms with E-state index in [-0.39, 0.29) is 5.54 Å². The van der Waals surface area contributed by atoms with E-state index in [1.54, 1.807) is 0 Å². The Morgan fingerprint density at radius 3 is 2.41 bits per heavy atom. The van der Waals surface area contributed by atoms with Gasteiger partial charge in [-0.05, 0) is 37.1 Å². The van der Waals surface area contributed by atoms with Gasteiger partial charge >= 0.3 is 0 Å². The molecule has 17 heavy (non-hydrogen) atoms. The average molecular weight is 251 g/mol. The fraction of sp³-hybridized carbons (Fsp3) is 0.600. The first-order chi connectivity index (χ1) is 8.20. The Morgan fingerprint density at radius 1 is 1.12 bits per heavy atom. The smallest absolute Gasteiger partial charge is 0.0159 e. The number of nitrogens with two attached hydrogens (primary N) is 1. The van der Waals surface area contributed by atoms with Crippen LogP contribution in [0, 0.1) is 0 Å². The van der Waals surface area contributed by atoms with E-state index in [0.29, 0.717) is 0 Å². The SMILES string of the molecule is CCCCC(N)(CC)CCSc1ccccc1. The van der Waals surface area contributed by atoms with Crippen LogP contribution < -0.4 is 5.73 Å². The maximum atomic E-state index is 6.43. The Morgan fingerprint density at radius 2 is 1.82 bits per heavy atom. The molecule has 0 fully saturated rings. The van der Waals surface area contributed by atoms with Gasteiger partial charge in [0.25, 0.3) is 0 Å². The molecular weight excluding hydrogens is 226 g/mol. The molecule has 0 heterocycles. The maximum absolute atomic E-state index is 6.43. The summed E-state index contributed by atoms with van der Waals surface area (Å²) in [5, 5.41) is 0. The van der Waals surface area contributed by atoms with E-state index in [0.717, 1.165) is 25.0 Å². The third-order valence-electron chi connectivity index (χ3n) is 3.34. The van der Waals surface area contributed by atoms with Crippen LogP contribution >= 0.6 is 11.8 Å². The van der Waals surface area contributed by atoms with Gasteiger partial charge in [-0.1, -0.05) is 44.9 Å². The zero-order chi connectivity index (χ0) is 12.6. The van der Waals surface area contributed by atoms with Crippen LogP contribution in [-0.4, -0.2) is 11.3 Å². The summed E-state index contributed by atoms with van der Waals surface area (Å²) in [6.07, 6.45) is 5.85. The third kappa shape index (κ3) is 5.60. The van der Waals surface area contributed by atoms with Gasteiger partial charge in [0.2, 0.25) is 0 Å². The van der Waals surface area contributed by atoms with Crippen molar-refractivity contribution in [1.82, 2.24) is 0 Å². The summed E-state index contributed by atoms with van der Waals surface area (Å²) in [7, 11) is 0. The standard InChI is InChI=1S/C15H25NS/c1-3-5-11-15(16,4-2)12-13-17-14-9-7-6-8-10-14/h6-10H,3-5,11-13,16H2,1-2H3. The number of thioether (sulfide) groups is 1. The Hall–Kier alpha value is -0.470. The zero-order valence-electron chi connectivity index (χ0n) is 11.1. The van der Waals surface area contributed by atoms with Crippen molar-refractivity contribution in [2.24, 2.45) is 5.73 Å². The molecule has 96 valence electrons. The van der Waals surface area contributed by atoms with Crippen molar-refractivity contribution in [3.63, 3.8) is 0 Å². The number of hydrogen-bond acceptors (Lipinski definition) is 2. The quantitative estimate of drug-likeness (QED) is 0.690. The van der Waals surface area contributed by atoms with E-state index < -0.39 is 0 Å². The number of rotatable bonds is 8. The van der Waals surface area contributed by atoms with Gasteiger partial charge in [-0.2, -0.15) is 0 Å². The van der Waals surface area contributed by atoms with Crippen molar-refractivity contribution >= 4 is 11.8 Å². The molecule has 1 unspecified atom stereocenters. The first-order valence-electron chi connectivity index (χ1n) is 6.67. The minimum absolute atomic E-state index is 0.0534. The van der Waals surface area contributed by atoms with Gasteiger partial charge in [0, 0.05) is 10.4 Å². The van der Waals surface area contributed by atoms with Gasteiger partial charge in [-0.25, -0.2) is 0 Å². The molecule has 1 rings (SSSR count). The lowest BCUT2D eigenvalue weighted by molar-refractivity contribution is 0.358. The number of hydrogen-bond donors (Lipinski definition) is 1. The van der Waals surface area contributed by atoms with E-state index in [4.69, 9.17) is 5.73 Å². The van der Waals surface area contributed by atoms with E-state index in [1.807, 2.05) is 11.8 Å². The van der Waals surface area contributed by atoms with Gasteiger partial charge in [0.05, 0.1) is 0 Å². The van der Waals surface area contributed by atoms with Crippen molar-refractivity contribution in [2.45, 2.75) is 56.4 Å². The predicted octanol–water partition coefficient (Wildman–Crippen LogP) is 4.47. The van der Waals surface area contributed by atoms with E-state index in [9.17, 15) is 0 Å². The zero-order valence-corrected chi connectivity index (χ0v) is 11.9. The Balaban J connectivity index is 2.32. The highest BCUT2D eigenvalue weighted by molar-refractivity contribution is 7.99. The molecule has 0 aliphatic rings. The molecule has 0 saturated heterocycles. The second-order valence-corrected chi connectivity index (χ2v) is 5.90. The van der Waals surface area contributed by atoms with Crippen molar-refractivity contribution < 1.29 is 0 Å². The van der Waals surface area contributed by atoms with Crippen molar-refractivity contribution in [3.05, 3.63) is 30.3 Å². The topological polar surface area (TPSA) is 26.0 Å². The van der Waals surface area contributed by atoms with E-state index >= 15 is 0 Å². The lowest BCUT2D eigenvalue weighted by Gasteiger charge is -2.28. The van der Waals surface area contributed by atoms with E-state index in [2.05, 4.69) is 44.2 Å². The summed E-state index contributed by atoms with van der Waals surface area (Å²) >= 11 is 1.92. The van der Waals surface area contributed by atoms with Crippen LogP contribution in [0.15, 0.2) is 35.2 Å². The summed E-state index contributed by atoms with van der Waals surface area (Å²) in [4.78, 5) is 1.35. The molecule has 0 amide bonds. The molecule has 0 aliphatic heterocycles. The monoisotopic (exact) mass is 251 g/mol. The Bertz CT molecular complexity index is 299. The molecule has 1 atom stereocenters. The summed E-state index contributed by atoms with van der Waals surface area (Å²) in [5.74, 6) is 1.12. The van der Waals surface area contributed by atoms with Crippen molar-refractivity contribution in [1.29, 1.82) is 0 Å². The first kappa shape index (κ1) is 14.6. The van der Waals surface area contributed by atoms with Crippen LogP contribution in [0.3, 0.4) is 0 Å². The fourth-order valence-corrected chi connectivity index (χ4v) is 2.99. The highest BCUT2D eigenvalue weighted by atomic mass is 32.2. The molecule has 0 bridgehead atoms. The summed E-state index contributed by atoms with van der Waals surface area (Å²) in [6, 6.07) is 10.6. The molecule has 0 aliphatic carbocycles. The fourth-order valence-electron chi connectivity index (χ4n) is 1.90. The maximum Gasteiger partial charge on any atom is 0.0159 e. The molecule has 1 nitrogen and oxygen atoms in total. The largest absolute Gasteiger partial charge is 0.325 e. The second-order valence-electron chi connectivity index (χ2n) is 4.73. The van der Waals surface area contributed by atoms with Crippen molar-refractivity contribution in [3.8, 4) is 0 Å². The van der Waals surface area contributed by atoms with Gasteiger partial charge < -0.3 is 5.73 Å². The van der Waals surface area contributed by atoms with Crippen LogP contribution in [0.4, 0.5) is 0 Å². The average Bonchev–Trinajstić information content (AvgIpc) is 2.38. The van der Waals surface area contributed by atoms with Gasteiger partial charge in [0.15, 0.2) is 0 Å². The van der Waals surface area contributed by atoms with Crippen molar-refractivity contribution in [2.75, 3.05) is 5.75 Å². The summed E-state index contributed by atoms with van der Waals surface area (Å²) in [5.41, 5.74) is 6.49. The van der Waals surface area contributed by atoms with Crippen LogP contribution in [-0.2, 0) is 0 Å². The highest BCUT2D eigenvalue weighted by Gasteiger charge is 2.21. The molecule has 0 spiro atoms. The van der Waals surface area contributed by atoms with E-state index in [1.165, 1.54) is 17.7 Å². The van der Waals surface area contributed by atoms with Crippen LogP contribution in [0.2, 0.25) is 0 Å². The minimum atomic E-state index is 0.0534. The molecular formula is C15H25NS. The lowest BCUT2D eigenvalue weighted by atomic mass is 9.88. The summed E-state index contributed by atoms with van der Waals surface area (Å²) in [6.45, 7) is 4.44. The Kier molecular flexibility index (Phi) is 6.68. The lowest BCUT2D eigenvalue weighted by Crippen LogP contribution is -2.39. The van der Waals surface area contributed by atoms with Crippen LogP contribution in [0.25, 0.3) is 0 Å². The molecule has 2 N–H and O–H groups in total. The summed E-state index contributed by atoms with van der Waals surface area (Å²) < 4.78 is 0. The van der Waals surface area contributed by atoms with Gasteiger partial charge in [-0.3, -0.25) is 0 Å². The molecule has 0 aromatic heterocycles. The number of unbranched alkanes of at least 4 members (excludes halogenated alkanes) is 1. The molecule has 2 heteroatoms. The van der Waals surface area contributed by atoms with Gasteiger partial charge in [0.1, 0.15) is 0 Å². The minimum Gasteiger partial charge on any atom is -0.325 e. The molecule has 0 radical (unpaired) electrons. The van der Waals surface area contributed by atoms with Gasteiger partial charge in [-0.15, -0.1) is 11.8 Å². The first-order valence-corrected chi connectivity index (χ1v) is 7.65. The third-order valence-corrected chi connectivity index (χ3v) is 4.36. The number of benzene rings is 1. The highest BCUT2D eigenvalue weighted by Crippen LogP contribution is 2.25. The Labute approximate surface area is 110 Å². The molecule has 1 aromatic rings. The normalized spacial score (nSPS) is 14.5. The predicted molar refractivity (Wildman–Crippen MR) is 78.5 cm³/mol. The molecule has 0 saturated carbocycles. The second kappa shape index (κ2) is 7.78. The molecule has 1 aromatic carbocycles. The van der Waals surface area contributed by atoms with Crippen LogP contribution in [0.1, 0.15) is 46.0 Å².